The van der Waals surface area contributed by atoms with E-state index >= 15 is 0 Å². The van der Waals surface area contributed by atoms with Crippen molar-refractivity contribution in [3.8, 4) is 11.6 Å². The number of carboxylic acid groups (broad SMARTS) is 1. The molecule has 0 aliphatic heterocycles. The highest BCUT2D eigenvalue weighted by Gasteiger charge is 2.49. The lowest BCUT2D eigenvalue weighted by atomic mass is 9.73. The Morgan fingerprint density at radius 1 is 1.19 bits per heavy atom. The molecule has 2 aromatic heterocycles. The predicted molar refractivity (Wildman–Crippen MR) is 124 cm³/mol. The summed E-state index contributed by atoms with van der Waals surface area (Å²) in [6.45, 7) is 5.15. The van der Waals surface area contributed by atoms with E-state index in [4.69, 9.17) is 4.74 Å². The molecule has 4 rings (SSSR count). The van der Waals surface area contributed by atoms with Crippen molar-refractivity contribution in [3.63, 3.8) is 0 Å². The summed E-state index contributed by atoms with van der Waals surface area (Å²) in [6, 6.07) is 11.0. The molecule has 2 N–H and O–H groups in total. The number of aromatic nitrogens is 2. The van der Waals surface area contributed by atoms with Gasteiger partial charge in [0.25, 0.3) is 0 Å². The molecule has 7 nitrogen and oxygen atoms in total. The van der Waals surface area contributed by atoms with Crippen molar-refractivity contribution < 1.29 is 19.4 Å². The molecular weight excluding hydrogens is 474 g/mol. The maximum Gasteiger partial charge on any atom is 0.329 e. The zero-order valence-corrected chi connectivity index (χ0v) is 19.4. The van der Waals surface area contributed by atoms with Gasteiger partial charge in [0.05, 0.1) is 15.3 Å². The van der Waals surface area contributed by atoms with E-state index in [1.165, 1.54) is 0 Å². The maximum atomic E-state index is 12.1. The lowest BCUT2D eigenvalue weighted by Crippen LogP contribution is -2.57. The minimum atomic E-state index is -1.29. The Morgan fingerprint density at radius 3 is 2.53 bits per heavy atom. The number of hydrogen-bond donors (Lipinski definition) is 2. The first-order chi connectivity index (χ1) is 15.1. The van der Waals surface area contributed by atoms with Gasteiger partial charge in [-0.05, 0) is 71.9 Å². The topological polar surface area (TPSA) is 101 Å². The fourth-order valence-corrected chi connectivity index (χ4v) is 4.72. The lowest BCUT2D eigenvalue weighted by molar-refractivity contribution is -0.144. The second kappa shape index (κ2) is 8.02. The third-order valence-corrected chi connectivity index (χ3v) is 6.47. The second-order valence-electron chi connectivity index (χ2n) is 8.54. The highest BCUT2D eigenvalue weighted by atomic mass is 79.9. The maximum absolute atomic E-state index is 12.1. The number of allylic oxidation sites excluding steroid dienone is 2. The summed E-state index contributed by atoms with van der Waals surface area (Å²) in [5.41, 5.74) is -0.629. The van der Waals surface area contributed by atoms with Gasteiger partial charge in [-0.15, -0.1) is 0 Å². The molecule has 32 heavy (non-hydrogen) atoms. The molecule has 0 saturated heterocycles. The van der Waals surface area contributed by atoms with Crippen LogP contribution in [0.1, 0.15) is 26.3 Å². The van der Waals surface area contributed by atoms with E-state index in [0.29, 0.717) is 21.8 Å². The smallest absolute Gasteiger partial charge is 0.329 e. The number of pyridine rings is 2. The second-order valence-corrected chi connectivity index (χ2v) is 9.33. The number of nitrogens with one attached hydrogen (secondary N) is 1. The zero-order chi connectivity index (χ0) is 23.1. The summed E-state index contributed by atoms with van der Waals surface area (Å²) in [7, 11) is 0. The van der Waals surface area contributed by atoms with Gasteiger partial charge in [0.1, 0.15) is 11.3 Å². The summed E-state index contributed by atoms with van der Waals surface area (Å²) < 4.78 is 6.33. The van der Waals surface area contributed by atoms with Gasteiger partial charge in [0, 0.05) is 30.7 Å². The third kappa shape index (κ3) is 3.86. The number of fused-ring (bicyclic) bond motifs is 1. The Kier molecular flexibility index (Phi) is 5.50. The normalized spacial score (nSPS) is 16.9. The van der Waals surface area contributed by atoms with Crippen LogP contribution in [0.4, 0.5) is 0 Å². The molecule has 2 heterocycles. The van der Waals surface area contributed by atoms with Crippen LogP contribution < -0.4 is 10.1 Å². The van der Waals surface area contributed by atoms with Crippen LogP contribution in [-0.2, 0) is 16.0 Å². The molecule has 0 spiro atoms. The van der Waals surface area contributed by atoms with Crippen molar-refractivity contribution in [2.24, 2.45) is 5.41 Å². The van der Waals surface area contributed by atoms with Gasteiger partial charge in [-0.25, -0.2) is 9.78 Å². The number of ether oxygens (including phenoxy) is 1. The number of benzene rings is 1. The van der Waals surface area contributed by atoms with Gasteiger partial charge in [-0.2, -0.15) is 0 Å². The number of aliphatic carboxylic acids is 1. The van der Waals surface area contributed by atoms with Crippen LogP contribution in [0.25, 0.3) is 10.8 Å². The molecule has 1 atom stereocenters. The Balaban J connectivity index is 1.53. The number of nitrogens with zero attached hydrogens (tertiary/aromatic N) is 2. The van der Waals surface area contributed by atoms with Crippen molar-refractivity contribution in [3.05, 3.63) is 70.7 Å². The van der Waals surface area contributed by atoms with E-state index in [1.807, 2.05) is 24.3 Å². The molecule has 164 valence electrons. The van der Waals surface area contributed by atoms with E-state index in [9.17, 15) is 14.7 Å². The molecule has 1 aliphatic carbocycles. The standard InChI is InChI=1S/C24H22BrN3O4/c1-23(2)19(18(25)20(23)29)28-24(3,22(30)31)12-14-4-6-16(7-5-14)32-21-17-13-26-10-8-15(17)9-11-27-21/h4-11,13,28H,12H2,1-3H3,(H,30,31)/t24-/m0/s1. The Morgan fingerprint density at radius 2 is 1.88 bits per heavy atom. The molecule has 0 radical (unpaired) electrons. The molecule has 0 saturated carbocycles. The number of rotatable bonds is 7. The van der Waals surface area contributed by atoms with Gasteiger partial charge < -0.3 is 15.2 Å². The number of carbonyl (C=O) groups is 2. The average Bonchev–Trinajstić information content (AvgIpc) is 2.78. The van der Waals surface area contributed by atoms with Crippen molar-refractivity contribution >= 4 is 38.5 Å². The first kappa shape index (κ1) is 22.0. The highest BCUT2D eigenvalue weighted by Crippen LogP contribution is 2.44. The number of halogens is 1. The van der Waals surface area contributed by atoms with Gasteiger partial charge in [-0.1, -0.05) is 12.1 Å². The number of carboxylic acids is 1. The summed E-state index contributed by atoms with van der Waals surface area (Å²) >= 11 is 3.26. The highest BCUT2D eigenvalue weighted by molar-refractivity contribution is 9.12. The number of ketones is 1. The molecule has 0 unspecified atom stereocenters. The molecule has 1 aliphatic rings. The van der Waals surface area contributed by atoms with Crippen molar-refractivity contribution in [1.82, 2.24) is 15.3 Å². The minimum absolute atomic E-state index is 0.0496. The predicted octanol–water partition coefficient (Wildman–Crippen LogP) is 4.61. The third-order valence-electron chi connectivity index (χ3n) is 5.71. The van der Waals surface area contributed by atoms with E-state index in [1.54, 1.807) is 51.5 Å². The molecule has 8 heteroatoms. The summed E-state index contributed by atoms with van der Waals surface area (Å²) in [5, 5.41) is 14.8. The van der Waals surface area contributed by atoms with Crippen LogP contribution in [0, 0.1) is 5.41 Å². The Labute approximate surface area is 193 Å². The van der Waals surface area contributed by atoms with Crippen molar-refractivity contribution in [2.45, 2.75) is 32.7 Å². The minimum Gasteiger partial charge on any atom is -0.480 e. The number of hydrogen-bond acceptors (Lipinski definition) is 6. The van der Waals surface area contributed by atoms with Crippen LogP contribution in [0.2, 0.25) is 0 Å². The van der Waals surface area contributed by atoms with E-state index in [0.717, 1.165) is 16.3 Å². The van der Waals surface area contributed by atoms with Crippen LogP contribution in [-0.4, -0.2) is 32.4 Å². The van der Waals surface area contributed by atoms with Gasteiger partial charge in [0.15, 0.2) is 5.78 Å². The first-order valence-electron chi connectivity index (χ1n) is 10.0. The summed E-state index contributed by atoms with van der Waals surface area (Å²) in [6.07, 6.45) is 5.31. The van der Waals surface area contributed by atoms with Crippen LogP contribution in [0.3, 0.4) is 0 Å². The fraction of sp³-hybridized carbons (Fsp3) is 0.250. The molecule has 1 aromatic carbocycles. The molecule has 0 amide bonds. The number of carbonyl (C=O) groups excluding carboxylic acids is 1. The average molecular weight is 496 g/mol. The van der Waals surface area contributed by atoms with Gasteiger partial charge >= 0.3 is 5.97 Å². The Hall–Kier alpha value is -3.26. The first-order valence-corrected chi connectivity index (χ1v) is 10.8. The number of Topliss-reactive ketones (excluding diaryl/α,β-unsaturated/α-hetero) is 1. The molecule has 0 bridgehead atoms. The summed E-state index contributed by atoms with van der Waals surface area (Å²) in [5.74, 6) is -0.0208. The molecule has 3 aromatic rings. The SMILES string of the molecule is CC1(C)C(=O)C(Br)=C1N[C@@](C)(Cc1ccc(Oc2nccc3ccncc23)cc1)C(=O)O. The fourth-order valence-electron chi connectivity index (χ4n) is 3.63. The quantitative estimate of drug-likeness (QED) is 0.493. The van der Waals surface area contributed by atoms with Gasteiger partial charge in [-0.3, -0.25) is 9.78 Å². The molecular formula is C24H22BrN3O4. The van der Waals surface area contributed by atoms with Gasteiger partial charge in [0.2, 0.25) is 5.88 Å². The van der Waals surface area contributed by atoms with Crippen LogP contribution in [0.15, 0.2) is 65.2 Å². The lowest BCUT2D eigenvalue weighted by Gasteiger charge is -2.41. The monoisotopic (exact) mass is 495 g/mol. The van der Waals surface area contributed by atoms with Crippen LogP contribution >= 0.6 is 15.9 Å². The van der Waals surface area contributed by atoms with Crippen LogP contribution in [0.5, 0.6) is 11.6 Å². The van der Waals surface area contributed by atoms with Crippen molar-refractivity contribution in [1.29, 1.82) is 0 Å². The zero-order valence-electron chi connectivity index (χ0n) is 17.8. The Bertz CT molecular complexity index is 1250. The van der Waals surface area contributed by atoms with E-state index in [2.05, 4.69) is 31.2 Å². The molecule has 0 fully saturated rings. The van der Waals surface area contributed by atoms with Crippen molar-refractivity contribution in [2.75, 3.05) is 0 Å². The van der Waals surface area contributed by atoms with E-state index in [-0.39, 0.29) is 12.2 Å². The van der Waals surface area contributed by atoms with E-state index < -0.39 is 16.9 Å². The summed E-state index contributed by atoms with van der Waals surface area (Å²) in [4.78, 5) is 32.6. The largest absolute Gasteiger partial charge is 0.480 e.